The van der Waals surface area contributed by atoms with Crippen molar-refractivity contribution in [3.05, 3.63) is 35.6 Å². The van der Waals surface area contributed by atoms with Crippen LogP contribution in [0, 0.1) is 11.7 Å². The summed E-state index contributed by atoms with van der Waals surface area (Å²) in [5, 5.41) is 2.94. The normalized spacial score (nSPS) is 16.8. The predicted molar refractivity (Wildman–Crippen MR) is 95.6 cm³/mol. The second kappa shape index (κ2) is 8.94. The Morgan fingerprint density at radius 2 is 1.68 bits per heavy atom. The summed E-state index contributed by atoms with van der Waals surface area (Å²) in [6.45, 7) is 9.01. The summed E-state index contributed by atoms with van der Waals surface area (Å²) in [6.07, 6.45) is 0.676. The number of nitrogens with one attached hydrogen (secondary N) is 1. The van der Waals surface area contributed by atoms with Crippen molar-refractivity contribution in [1.29, 1.82) is 0 Å². The van der Waals surface area contributed by atoms with Gasteiger partial charge in [0.1, 0.15) is 5.82 Å². The van der Waals surface area contributed by atoms with E-state index in [1.807, 2.05) is 25.7 Å². The van der Waals surface area contributed by atoms with Crippen LogP contribution in [0.15, 0.2) is 24.3 Å². The molecular weight excluding hydrogens is 321 g/mol. The molecule has 138 valence electrons. The Kier molecular flexibility index (Phi) is 6.93. The molecule has 1 saturated heterocycles. The van der Waals surface area contributed by atoms with Gasteiger partial charge in [-0.3, -0.25) is 14.5 Å². The third-order valence-corrected chi connectivity index (χ3v) is 4.67. The van der Waals surface area contributed by atoms with Crippen molar-refractivity contribution >= 4 is 11.8 Å². The summed E-state index contributed by atoms with van der Waals surface area (Å²) < 4.78 is 12.9. The summed E-state index contributed by atoms with van der Waals surface area (Å²) in [5.74, 6) is -0.0722. The smallest absolute Gasteiger partial charge is 0.237 e. The third-order valence-electron chi connectivity index (χ3n) is 4.67. The van der Waals surface area contributed by atoms with Gasteiger partial charge in [0.15, 0.2) is 0 Å². The zero-order chi connectivity index (χ0) is 18.4. The monoisotopic (exact) mass is 349 g/mol. The van der Waals surface area contributed by atoms with Crippen molar-refractivity contribution in [2.24, 2.45) is 5.92 Å². The molecule has 0 aromatic heterocycles. The SMILES string of the molecule is CC(C)C(=O)N1CCN(C(C)C(=O)NCCc2ccc(F)cc2)CC1. The van der Waals surface area contributed by atoms with Crippen LogP contribution in [0.3, 0.4) is 0 Å². The largest absolute Gasteiger partial charge is 0.354 e. The molecule has 1 aliphatic heterocycles. The third kappa shape index (κ3) is 5.53. The molecule has 2 rings (SSSR count). The molecule has 1 fully saturated rings. The van der Waals surface area contributed by atoms with Gasteiger partial charge < -0.3 is 10.2 Å². The summed E-state index contributed by atoms with van der Waals surface area (Å²) in [4.78, 5) is 28.3. The Bertz CT molecular complexity index is 581. The van der Waals surface area contributed by atoms with Crippen LogP contribution >= 0.6 is 0 Å². The van der Waals surface area contributed by atoms with Crippen molar-refractivity contribution < 1.29 is 14.0 Å². The predicted octanol–water partition coefficient (Wildman–Crippen LogP) is 1.67. The maximum atomic E-state index is 12.9. The molecule has 1 N–H and O–H groups in total. The second-order valence-electron chi connectivity index (χ2n) is 6.86. The number of amides is 2. The lowest BCUT2D eigenvalue weighted by Crippen LogP contribution is -2.55. The molecule has 1 aromatic carbocycles. The molecule has 0 saturated carbocycles. The first-order valence-electron chi connectivity index (χ1n) is 8.93. The lowest BCUT2D eigenvalue weighted by Gasteiger charge is -2.38. The van der Waals surface area contributed by atoms with Crippen LogP contribution in [0.5, 0.6) is 0 Å². The maximum absolute atomic E-state index is 12.9. The highest BCUT2D eigenvalue weighted by Crippen LogP contribution is 2.10. The summed E-state index contributed by atoms with van der Waals surface area (Å²) in [5.41, 5.74) is 0.996. The average molecular weight is 349 g/mol. The molecule has 1 heterocycles. The number of carbonyl (C=O) groups excluding carboxylic acids is 2. The van der Waals surface area contributed by atoms with Crippen LogP contribution in [0.4, 0.5) is 4.39 Å². The molecule has 6 heteroatoms. The van der Waals surface area contributed by atoms with E-state index in [1.54, 1.807) is 12.1 Å². The van der Waals surface area contributed by atoms with Gasteiger partial charge in [-0.2, -0.15) is 0 Å². The Hall–Kier alpha value is -1.95. The van der Waals surface area contributed by atoms with Crippen molar-refractivity contribution in [2.75, 3.05) is 32.7 Å². The van der Waals surface area contributed by atoms with Crippen LogP contribution in [0.25, 0.3) is 0 Å². The van der Waals surface area contributed by atoms with Gasteiger partial charge in [-0.1, -0.05) is 26.0 Å². The fourth-order valence-corrected chi connectivity index (χ4v) is 2.99. The van der Waals surface area contributed by atoms with E-state index in [2.05, 4.69) is 10.2 Å². The highest BCUT2D eigenvalue weighted by atomic mass is 19.1. The average Bonchev–Trinajstić information content (AvgIpc) is 2.62. The van der Waals surface area contributed by atoms with Gasteiger partial charge in [-0.05, 0) is 31.0 Å². The Labute approximate surface area is 149 Å². The van der Waals surface area contributed by atoms with E-state index in [-0.39, 0.29) is 29.6 Å². The topological polar surface area (TPSA) is 52.7 Å². The van der Waals surface area contributed by atoms with Crippen LogP contribution in [-0.4, -0.2) is 60.4 Å². The van der Waals surface area contributed by atoms with Crippen LogP contribution in [-0.2, 0) is 16.0 Å². The van der Waals surface area contributed by atoms with E-state index < -0.39 is 0 Å². The van der Waals surface area contributed by atoms with Crippen LogP contribution < -0.4 is 5.32 Å². The molecule has 1 aromatic rings. The summed E-state index contributed by atoms with van der Waals surface area (Å²) in [7, 11) is 0. The van der Waals surface area contributed by atoms with Gasteiger partial charge in [0, 0.05) is 38.6 Å². The minimum absolute atomic E-state index is 0.00857. The number of hydrogen-bond acceptors (Lipinski definition) is 3. The van der Waals surface area contributed by atoms with Gasteiger partial charge in [0.05, 0.1) is 6.04 Å². The van der Waals surface area contributed by atoms with Crippen LogP contribution in [0.1, 0.15) is 26.3 Å². The molecule has 1 aliphatic rings. The first-order chi connectivity index (χ1) is 11.9. The zero-order valence-corrected chi connectivity index (χ0v) is 15.3. The molecular formula is C19H28FN3O2. The minimum Gasteiger partial charge on any atom is -0.354 e. The van der Waals surface area contributed by atoms with E-state index in [9.17, 15) is 14.0 Å². The molecule has 5 nitrogen and oxygen atoms in total. The minimum atomic E-state index is -0.253. The Morgan fingerprint density at radius 3 is 2.24 bits per heavy atom. The summed E-state index contributed by atoms with van der Waals surface area (Å²) in [6, 6.07) is 6.10. The van der Waals surface area contributed by atoms with E-state index in [4.69, 9.17) is 0 Å². The Balaban J connectivity index is 1.73. The van der Waals surface area contributed by atoms with Crippen molar-refractivity contribution in [3.63, 3.8) is 0 Å². The molecule has 1 atom stereocenters. The maximum Gasteiger partial charge on any atom is 0.237 e. The standard InChI is InChI=1S/C19H28FN3O2/c1-14(2)19(25)23-12-10-22(11-13-23)15(3)18(24)21-9-8-16-4-6-17(20)7-5-16/h4-7,14-15H,8-13H2,1-3H3,(H,21,24). The van der Waals surface area contributed by atoms with E-state index >= 15 is 0 Å². The molecule has 0 spiro atoms. The van der Waals surface area contributed by atoms with Gasteiger partial charge in [-0.25, -0.2) is 4.39 Å². The van der Waals surface area contributed by atoms with E-state index in [0.29, 0.717) is 39.1 Å². The Morgan fingerprint density at radius 1 is 1.08 bits per heavy atom. The van der Waals surface area contributed by atoms with E-state index in [1.165, 1.54) is 12.1 Å². The van der Waals surface area contributed by atoms with Crippen molar-refractivity contribution in [3.8, 4) is 0 Å². The van der Waals surface area contributed by atoms with Crippen LogP contribution in [0.2, 0.25) is 0 Å². The fourth-order valence-electron chi connectivity index (χ4n) is 2.99. The summed E-state index contributed by atoms with van der Waals surface area (Å²) >= 11 is 0. The number of rotatable bonds is 6. The fraction of sp³-hybridized carbons (Fsp3) is 0.579. The highest BCUT2D eigenvalue weighted by molar-refractivity contribution is 5.81. The quantitative estimate of drug-likeness (QED) is 0.850. The first-order valence-corrected chi connectivity index (χ1v) is 8.93. The number of nitrogens with zero attached hydrogens (tertiary/aromatic N) is 2. The number of halogens is 1. The molecule has 0 radical (unpaired) electrons. The second-order valence-corrected chi connectivity index (χ2v) is 6.86. The van der Waals surface area contributed by atoms with Gasteiger partial charge in [0.2, 0.25) is 11.8 Å². The molecule has 1 unspecified atom stereocenters. The lowest BCUT2D eigenvalue weighted by atomic mass is 10.1. The molecule has 0 aliphatic carbocycles. The van der Waals surface area contributed by atoms with Crippen molar-refractivity contribution in [1.82, 2.24) is 15.1 Å². The number of carbonyl (C=O) groups is 2. The molecule has 0 bridgehead atoms. The zero-order valence-electron chi connectivity index (χ0n) is 15.3. The first kappa shape index (κ1) is 19.4. The lowest BCUT2D eigenvalue weighted by molar-refractivity contribution is -0.137. The number of benzene rings is 1. The highest BCUT2D eigenvalue weighted by Gasteiger charge is 2.27. The van der Waals surface area contributed by atoms with Gasteiger partial charge in [-0.15, -0.1) is 0 Å². The van der Waals surface area contributed by atoms with E-state index in [0.717, 1.165) is 5.56 Å². The number of piperazine rings is 1. The number of hydrogen-bond donors (Lipinski definition) is 1. The van der Waals surface area contributed by atoms with Crippen molar-refractivity contribution in [2.45, 2.75) is 33.2 Å². The van der Waals surface area contributed by atoms with Gasteiger partial charge >= 0.3 is 0 Å². The molecule has 25 heavy (non-hydrogen) atoms. The molecule has 2 amide bonds. The van der Waals surface area contributed by atoms with Gasteiger partial charge in [0.25, 0.3) is 0 Å².